The molecule has 0 radical (unpaired) electrons. The number of unbranched alkanes of at least 4 members (excludes halogenated alkanes) is 1. The number of ketones is 1. The van der Waals surface area contributed by atoms with Gasteiger partial charge in [0.1, 0.15) is 0 Å². The first-order valence-corrected chi connectivity index (χ1v) is 6.13. The Bertz CT molecular complexity index is 407. The molecule has 0 bridgehead atoms. The Hall–Kier alpha value is -1.65. The maximum atomic E-state index is 12.2. The van der Waals surface area contributed by atoms with Gasteiger partial charge >= 0.3 is 0 Å². The van der Waals surface area contributed by atoms with E-state index in [1.807, 2.05) is 6.92 Å². The van der Waals surface area contributed by atoms with Gasteiger partial charge in [-0.2, -0.15) is 4.98 Å². The van der Waals surface area contributed by atoms with E-state index in [0.29, 0.717) is 5.88 Å². The Kier molecular flexibility index (Phi) is 5.55. The van der Waals surface area contributed by atoms with Gasteiger partial charge in [0.15, 0.2) is 11.5 Å². The molecule has 1 aromatic heterocycles. The standard InChI is InChI=1S/C13H20N2O3/c1-5-6-7-9(2)12(16)11-13(18-4)15-10(17-3)8-14-11/h8-9H,5-7H2,1-4H3. The van der Waals surface area contributed by atoms with E-state index in [4.69, 9.17) is 9.47 Å². The average Bonchev–Trinajstić information content (AvgIpc) is 2.43. The van der Waals surface area contributed by atoms with Crippen molar-refractivity contribution in [3.8, 4) is 11.8 Å². The van der Waals surface area contributed by atoms with Gasteiger partial charge in [0.05, 0.1) is 20.4 Å². The fourth-order valence-electron chi connectivity index (χ4n) is 1.64. The maximum absolute atomic E-state index is 12.2. The highest BCUT2D eigenvalue weighted by molar-refractivity contribution is 5.97. The Morgan fingerprint density at radius 3 is 2.67 bits per heavy atom. The topological polar surface area (TPSA) is 61.3 Å². The highest BCUT2D eigenvalue weighted by atomic mass is 16.5. The van der Waals surface area contributed by atoms with Crippen molar-refractivity contribution in [2.75, 3.05) is 14.2 Å². The summed E-state index contributed by atoms with van der Waals surface area (Å²) < 4.78 is 10.0. The molecule has 1 unspecified atom stereocenters. The number of nitrogens with zero attached hydrogens (tertiary/aromatic N) is 2. The summed E-state index contributed by atoms with van der Waals surface area (Å²) in [4.78, 5) is 20.4. The molecule has 5 heteroatoms. The van der Waals surface area contributed by atoms with E-state index in [1.54, 1.807) is 0 Å². The Balaban J connectivity index is 2.90. The highest BCUT2D eigenvalue weighted by Crippen LogP contribution is 2.22. The molecule has 5 nitrogen and oxygen atoms in total. The number of ether oxygens (including phenoxy) is 2. The minimum atomic E-state index is -0.0680. The fraction of sp³-hybridized carbons (Fsp3) is 0.615. The number of hydrogen-bond acceptors (Lipinski definition) is 5. The lowest BCUT2D eigenvalue weighted by atomic mass is 9.97. The normalized spacial score (nSPS) is 12.0. The molecular weight excluding hydrogens is 232 g/mol. The molecule has 0 aliphatic rings. The minimum absolute atomic E-state index is 0.0320. The number of methoxy groups -OCH3 is 2. The molecule has 0 saturated heterocycles. The van der Waals surface area contributed by atoms with Crippen LogP contribution in [-0.2, 0) is 0 Å². The molecule has 1 aromatic rings. The monoisotopic (exact) mass is 252 g/mol. The zero-order chi connectivity index (χ0) is 13.5. The van der Waals surface area contributed by atoms with E-state index < -0.39 is 0 Å². The number of hydrogen-bond donors (Lipinski definition) is 0. The molecule has 0 aliphatic carbocycles. The van der Waals surface area contributed by atoms with Gasteiger partial charge in [-0.1, -0.05) is 26.7 Å². The third-order valence-corrected chi connectivity index (χ3v) is 2.79. The second-order valence-electron chi connectivity index (χ2n) is 4.18. The Morgan fingerprint density at radius 2 is 2.11 bits per heavy atom. The summed E-state index contributed by atoms with van der Waals surface area (Å²) in [6.45, 7) is 4.01. The zero-order valence-corrected chi connectivity index (χ0v) is 11.4. The summed E-state index contributed by atoms with van der Waals surface area (Å²) in [5.74, 6) is 0.462. The van der Waals surface area contributed by atoms with Crippen LogP contribution < -0.4 is 9.47 Å². The quantitative estimate of drug-likeness (QED) is 0.698. The Morgan fingerprint density at radius 1 is 1.39 bits per heavy atom. The molecule has 1 heterocycles. The number of Topliss-reactive ketones (excluding diaryl/α,β-unsaturated/α-hetero) is 1. The predicted octanol–water partition coefficient (Wildman–Crippen LogP) is 2.50. The van der Waals surface area contributed by atoms with Crippen molar-refractivity contribution < 1.29 is 14.3 Å². The van der Waals surface area contributed by atoms with Crippen LogP contribution in [0.1, 0.15) is 43.6 Å². The van der Waals surface area contributed by atoms with E-state index in [-0.39, 0.29) is 23.3 Å². The first-order valence-electron chi connectivity index (χ1n) is 6.13. The molecule has 0 N–H and O–H groups in total. The summed E-state index contributed by atoms with van der Waals surface area (Å²) >= 11 is 0. The van der Waals surface area contributed by atoms with E-state index >= 15 is 0 Å². The summed E-state index contributed by atoms with van der Waals surface area (Å²) in [5.41, 5.74) is 0.280. The number of carbonyl (C=O) groups is 1. The molecule has 1 atom stereocenters. The van der Waals surface area contributed by atoms with E-state index in [2.05, 4.69) is 16.9 Å². The average molecular weight is 252 g/mol. The van der Waals surface area contributed by atoms with E-state index in [9.17, 15) is 4.79 Å². The van der Waals surface area contributed by atoms with E-state index in [0.717, 1.165) is 19.3 Å². The van der Waals surface area contributed by atoms with Crippen molar-refractivity contribution in [2.45, 2.75) is 33.1 Å². The van der Waals surface area contributed by atoms with Gasteiger partial charge in [-0.05, 0) is 6.42 Å². The fourth-order valence-corrected chi connectivity index (χ4v) is 1.64. The minimum Gasteiger partial charge on any atom is -0.480 e. The molecule has 0 spiro atoms. The van der Waals surface area contributed by atoms with Crippen LogP contribution >= 0.6 is 0 Å². The van der Waals surface area contributed by atoms with Crippen molar-refractivity contribution in [3.63, 3.8) is 0 Å². The highest BCUT2D eigenvalue weighted by Gasteiger charge is 2.21. The number of carbonyl (C=O) groups excluding carboxylic acids is 1. The SMILES string of the molecule is CCCCC(C)C(=O)c1ncc(OC)nc1OC. The van der Waals surface area contributed by atoms with Gasteiger partial charge in [-0.25, -0.2) is 4.98 Å². The summed E-state index contributed by atoms with van der Waals surface area (Å²) in [7, 11) is 2.96. The predicted molar refractivity (Wildman–Crippen MR) is 68.2 cm³/mol. The van der Waals surface area contributed by atoms with Gasteiger partial charge in [0.2, 0.25) is 11.8 Å². The smallest absolute Gasteiger partial charge is 0.246 e. The molecular formula is C13H20N2O3. The van der Waals surface area contributed by atoms with Crippen molar-refractivity contribution in [2.24, 2.45) is 5.92 Å². The zero-order valence-electron chi connectivity index (χ0n) is 11.4. The van der Waals surface area contributed by atoms with Crippen LogP contribution in [0.5, 0.6) is 11.8 Å². The summed E-state index contributed by atoms with van der Waals surface area (Å²) in [6.07, 6.45) is 4.39. The van der Waals surface area contributed by atoms with Crippen LogP contribution in [0, 0.1) is 5.92 Å². The molecule has 100 valence electrons. The first-order chi connectivity index (χ1) is 8.63. The van der Waals surface area contributed by atoms with Crippen LogP contribution in [0.2, 0.25) is 0 Å². The summed E-state index contributed by atoms with van der Waals surface area (Å²) in [6, 6.07) is 0. The molecule has 0 fully saturated rings. The molecule has 0 amide bonds. The number of rotatable bonds is 7. The van der Waals surface area contributed by atoms with Crippen LogP contribution in [-0.4, -0.2) is 30.0 Å². The van der Waals surface area contributed by atoms with Crippen molar-refractivity contribution >= 4 is 5.78 Å². The Labute approximate surface area is 108 Å². The number of aromatic nitrogens is 2. The summed E-state index contributed by atoms with van der Waals surface area (Å²) in [5, 5.41) is 0. The van der Waals surface area contributed by atoms with Crippen LogP contribution in [0.25, 0.3) is 0 Å². The van der Waals surface area contributed by atoms with E-state index in [1.165, 1.54) is 20.4 Å². The van der Waals surface area contributed by atoms with Gasteiger partial charge in [-0.15, -0.1) is 0 Å². The molecule has 0 aliphatic heterocycles. The van der Waals surface area contributed by atoms with Gasteiger partial charge in [0.25, 0.3) is 0 Å². The van der Waals surface area contributed by atoms with Crippen LogP contribution in [0.3, 0.4) is 0 Å². The first kappa shape index (κ1) is 14.4. The third kappa shape index (κ3) is 3.42. The largest absolute Gasteiger partial charge is 0.480 e. The van der Waals surface area contributed by atoms with Crippen molar-refractivity contribution in [1.82, 2.24) is 9.97 Å². The van der Waals surface area contributed by atoms with Gasteiger partial charge in [0, 0.05) is 5.92 Å². The lowest BCUT2D eigenvalue weighted by Gasteiger charge is -2.11. The second kappa shape index (κ2) is 6.93. The lowest BCUT2D eigenvalue weighted by molar-refractivity contribution is 0.0913. The molecule has 0 saturated carbocycles. The van der Waals surface area contributed by atoms with Crippen LogP contribution in [0.4, 0.5) is 0 Å². The van der Waals surface area contributed by atoms with Crippen LogP contribution in [0.15, 0.2) is 6.20 Å². The third-order valence-electron chi connectivity index (χ3n) is 2.79. The lowest BCUT2D eigenvalue weighted by Crippen LogP contribution is -2.15. The van der Waals surface area contributed by atoms with Gasteiger partial charge < -0.3 is 9.47 Å². The van der Waals surface area contributed by atoms with Crippen molar-refractivity contribution in [3.05, 3.63) is 11.9 Å². The molecule has 0 aromatic carbocycles. The van der Waals surface area contributed by atoms with Crippen molar-refractivity contribution in [1.29, 1.82) is 0 Å². The molecule has 18 heavy (non-hydrogen) atoms. The second-order valence-corrected chi connectivity index (χ2v) is 4.18. The van der Waals surface area contributed by atoms with Gasteiger partial charge in [-0.3, -0.25) is 4.79 Å². The maximum Gasteiger partial charge on any atom is 0.246 e. The molecule has 1 rings (SSSR count).